The quantitative estimate of drug-likeness (QED) is 0.382. The molecular formula is C16H15N3O3S. The molecule has 0 heterocycles. The van der Waals surface area contributed by atoms with Gasteiger partial charge in [-0.3, -0.25) is 14.9 Å². The van der Waals surface area contributed by atoms with Crippen LogP contribution in [0.3, 0.4) is 0 Å². The number of thioether (sulfide) groups is 1. The van der Waals surface area contributed by atoms with Gasteiger partial charge in [-0.25, -0.2) is 5.43 Å². The van der Waals surface area contributed by atoms with Crippen molar-refractivity contribution in [3.63, 3.8) is 0 Å². The molecule has 0 bridgehead atoms. The van der Waals surface area contributed by atoms with E-state index in [-0.39, 0.29) is 16.8 Å². The first-order valence-corrected chi connectivity index (χ1v) is 7.73. The molecule has 1 atom stereocenters. The normalized spacial score (nSPS) is 12.0. The maximum absolute atomic E-state index is 12.0. The Morgan fingerprint density at radius 2 is 2.00 bits per heavy atom. The largest absolute Gasteiger partial charge is 0.272 e. The lowest BCUT2D eigenvalue weighted by atomic mass is 10.2. The molecule has 0 aliphatic rings. The molecule has 7 heteroatoms. The van der Waals surface area contributed by atoms with Gasteiger partial charge in [0.05, 0.1) is 16.4 Å². The van der Waals surface area contributed by atoms with Crippen molar-refractivity contribution >= 4 is 29.6 Å². The van der Waals surface area contributed by atoms with Gasteiger partial charge in [0.15, 0.2) is 0 Å². The molecule has 0 fully saturated rings. The predicted molar refractivity (Wildman–Crippen MR) is 90.6 cm³/mol. The Morgan fingerprint density at radius 3 is 2.70 bits per heavy atom. The van der Waals surface area contributed by atoms with Crippen LogP contribution in [0.15, 0.2) is 64.6 Å². The number of carbonyl (C=O) groups is 1. The lowest BCUT2D eigenvalue weighted by molar-refractivity contribution is -0.384. The van der Waals surface area contributed by atoms with Gasteiger partial charge < -0.3 is 0 Å². The highest BCUT2D eigenvalue weighted by Gasteiger charge is 2.13. The number of rotatable bonds is 6. The maximum Gasteiger partial charge on any atom is 0.270 e. The maximum atomic E-state index is 12.0. The predicted octanol–water partition coefficient (Wildman–Crippen LogP) is 3.23. The third-order valence-electron chi connectivity index (χ3n) is 2.89. The van der Waals surface area contributed by atoms with Crippen molar-refractivity contribution in [2.24, 2.45) is 5.10 Å². The van der Waals surface area contributed by atoms with Crippen molar-refractivity contribution in [1.29, 1.82) is 0 Å². The lowest BCUT2D eigenvalue weighted by Gasteiger charge is -2.08. The van der Waals surface area contributed by atoms with Gasteiger partial charge in [0.2, 0.25) is 0 Å². The fraction of sp³-hybridized carbons (Fsp3) is 0.125. The van der Waals surface area contributed by atoms with Crippen LogP contribution in [-0.2, 0) is 4.79 Å². The molecule has 6 nitrogen and oxygen atoms in total. The molecule has 23 heavy (non-hydrogen) atoms. The van der Waals surface area contributed by atoms with Crippen molar-refractivity contribution in [3.8, 4) is 0 Å². The smallest absolute Gasteiger partial charge is 0.270 e. The number of hydrazone groups is 1. The van der Waals surface area contributed by atoms with Crippen molar-refractivity contribution in [2.75, 3.05) is 0 Å². The minimum atomic E-state index is -0.478. The average Bonchev–Trinajstić information content (AvgIpc) is 2.56. The Morgan fingerprint density at radius 1 is 1.26 bits per heavy atom. The van der Waals surface area contributed by atoms with Crippen molar-refractivity contribution in [1.82, 2.24) is 5.43 Å². The highest BCUT2D eigenvalue weighted by molar-refractivity contribution is 8.00. The number of benzene rings is 2. The zero-order chi connectivity index (χ0) is 16.7. The Hall–Kier alpha value is -2.67. The molecule has 2 aromatic rings. The first-order valence-electron chi connectivity index (χ1n) is 6.85. The third kappa shape index (κ3) is 5.23. The summed E-state index contributed by atoms with van der Waals surface area (Å²) in [6.07, 6.45) is 1.38. The monoisotopic (exact) mass is 329 g/mol. The summed E-state index contributed by atoms with van der Waals surface area (Å²) in [4.78, 5) is 23.2. The number of nitro benzene ring substituents is 1. The summed E-state index contributed by atoms with van der Waals surface area (Å²) in [7, 11) is 0. The summed E-state index contributed by atoms with van der Waals surface area (Å²) >= 11 is 1.43. The molecule has 0 saturated carbocycles. The van der Waals surface area contributed by atoms with Gasteiger partial charge in [-0.05, 0) is 19.1 Å². The number of nitrogens with one attached hydrogen (secondary N) is 1. The number of amides is 1. The molecule has 2 rings (SSSR count). The van der Waals surface area contributed by atoms with E-state index in [1.165, 1.54) is 30.1 Å². The Bertz CT molecular complexity index is 720. The molecule has 0 aromatic heterocycles. The Labute approximate surface area is 137 Å². The molecule has 0 spiro atoms. The number of hydrogen-bond donors (Lipinski definition) is 1. The second kappa shape index (κ2) is 8.09. The van der Waals surface area contributed by atoms with Crippen LogP contribution in [0.25, 0.3) is 0 Å². The van der Waals surface area contributed by atoms with E-state index in [0.29, 0.717) is 5.56 Å². The van der Waals surface area contributed by atoms with E-state index in [9.17, 15) is 14.9 Å². The van der Waals surface area contributed by atoms with Gasteiger partial charge in [0, 0.05) is 22.6 Å². The van der Waals surface area contributed by atoms with Crippen LogP contribution in [0.4, 0.5) is 5.69 Å². The number of nitro groups is 1. The van der Waals surface area contributed by atoms with E-state index < -0.39 is 4.92 Å². The van der Waals surface area contributed by atoms with Crippen LogP contribution >= 0.6 is 11.8 Å². The fourth-order valence-corrected chi connectivity index (χ4v) is 2.62. The summed E-state index contributed by atoms with van der Waals surface area (Å²) in [5, 5.41) is 14.2. The van der Waals surface area contributed by atoms with Crippen LogP contribution < -0.4 is 5.43 Å². The molecule has 1 N–H and O–H groups in total. The summed E-state index contributed by atoms with van der Waals surface area (Å²) in [5.74, 6) is -0.236. The van der Waals surface area contributed by atoms with Gasteiger partial charge in [0.25, 0.3) is 11.6 Å². The van der Waals surface area contributed by atoms with E-state index in [4.69, 9.17) is 0 Å². The highest BCUT2D eigenvalue weighted by Crippen LogP contribution is 2.22. The number of nitrogens with zero attached hydrogens (tertiary/aromatic N) is 2. The highest BCUT2D eigenvalue weighted by atomic mass is 32.2. The van der Waals surface area contributed by atoms with Crippen LogP contribution in [0, 0.1) is 10.1 Å². The van der Waals surface area contributed by atoms with E-state index in [2.05, 4.69) is 10.5 Å². The van der Waals surface area contributed by atoms with E-state index in [1.54, 1.807) is 19.1 Å². The Balaban J connectivity index is 1.90. The minimum Gasteiger partial charge on any atom is -0.272 e. The van der Waals surface area contributed by atoms with E-state index in [0.717, 1.165) is 4.90 Å². The molecule has 2 aromatic carbocycles. The molecular weight excluding hydrogens is 314 g/mol. The van der Waals surface area contributed by atoms with Gasteiger partial charge in [0.1, 0.15) is 0 Å². The molecule has 0 saturated heterocycles. The van der Waals surface area contributed by atoms with Gasteiger partial charge in [-0.2, -0.15) is 5.10 Å². The van der Waals surface area contributed by atoms with Gasteiger partial charge in [-0.15, -0.1) is 11.8 Å². The van der Waals surface area contributed by atoms with Crippen LogP contribution in [0.1, 0.15) is 12.5 Å². The first-order chi connectivity index (χ1) is 11.1. The topological polar surface area (TPSA) is 84.6 Å². The van der Waals surface area contributed by atoms with Crippen molar-refractivity contribution < 1.29 is 9.72 Å². The van der Waals surface area contributed by atoms with Crippen molar-refractivity contribution in [2.45, 2.75) is 17.1 Å². The second-order valence-corrected chi connectivity index (χ2v) is 6.07. The molecule has 0 radical (unpaired) electrons. The zero-order valence-corrected chi connectivity index (χ0v) is 13.2. The van der Waals surface area contributed by atoms with E-state index >= 15 is 0 Å². The van der Waals surface area contributed by atoms with Crippen LogP contribution in [0.2, 0.25) is 0 Å². The minimum absolute atomic E-state index is 0.0201. The Kier molecular flexibility index (Phi) is 5.87. The lowest BCUT2D eigenvalue weighted by Crippen LogP contribution is -2.26. The summed E-state index contributed by atoms with van der Waals surface area (Å²) in [6.45, 7) is 1.79. The van der Waals surface area contributed by atoms with Crippen LogP contribution in [-0.4, -0.2) is 22.3 Å². The average molecular weight is 329 g/mol. The third-order valence-corrected chi connectivity index (χ3v) is 4.01. The molecule has 0 unspecified atom stereocenters. The fourth-order valence-electron chi connectivity index (χ4n) is 1.74. The second-order valence-electron chi connectivity index (χ2n) is 4.66. The number of non-ortho nitro benzene ring substituents is 1. The number of carbonyl (C=O) groups excluding carboxylic acids is 1. The molecule has 118 valence electrons. The van der Waals surface area contributed by atoms with Gasteiger partial charge in [-0.1, -0.05) is 30.3 Å². The van der Waals surface area contributed by atoms with Crippen LogP contribution in [0.5, 0.6) is 0 Å². The molecule has 0 aliphatic heterocycles. The summed E-state index contributed by atoms with van der Waals surface area (Å²) in [6, 6.07) is 15.6. The standard InChI is InChI=1S/C16H15N3O3S/c1-12(23-15-8-3-2-4-9-15)16(20)18-17-11-13-6-5-7-14(10-13)19(21)22/h2-12H,1H3,(H,18,20)/b17-11-/t12-/m1/s1. The van der Waals surface area contributed by atoms with Gasteiger partial charge >= 0.3 is 0 Å². The first kappa shape index (κ1) is 16.7. The molecule has 0 aliphatic carbocycles. The van der Waals surface area contributed by atoms with E-state index in [1.807, 2.05) is 30.3 Å². The van der Waals surface area contributed by atoms with Crippen molar-refractivity contribution in [3.05, 3.63) is 70.3 Å². The zero-order valence-electron chi connectivity index (χ0n) is 12.4. The molecule has 1 amide bonds. The SMILES string of the molecule is C[C@@H](Sc1ccccc1)C(=O)N/N=C\c1cccc([N+](=O)[O-])c1. The summed E-state index contributed by atoms with van der Waals surface area (Å²) in [5.41, 5.74) is 2.96. The number of hydrogen-bond acceptors (Lipinski definition) is 5. The summed E-state index contributed by atoms with van der Waals surface area (Å²) < 4.78 is 0.